The second-order valence-electron chi connectivity index (χ2n) is 8.11. The van der Waals surface area contributed by atoms with Gasteiger partial charge in [-0.2, -0.15) is 5.10 Å². The van der Waals surface area contributed by atoms with Crippen molar-refractivity contribution in [1.29, 1.82) is 0 Å². The van der Waals surface area contributed by atoms with Crippen molar-refractivity contribution in [1.82, 2.24) is 30.9 Å². The van der Waals surface area contributed by atoms with Crippen LogP contribution in [0.2, 0.25) is 0 Å². The molecule has 10 heteroatoms. The second kappa shape index (κ2) is 8.99. The summed E-state index contributed by atoms with van der Waals surface area (Å²) in [6.45, 7) is 3.41. The minimum Gasteiger partial charge on any atom is -0.472 e. The molecule has 3 aromatic heterocycles. The minimum atomic E-state index is -0.244. The van der Waals surface area contributed by atoms with E-state index in [-0.39, 0.29) is 25.7 Å². The summed E-state index contributed by atoms with van der Waals surface area (Å²) in [4.78, 5) is 12.4. The van der Waals surface area contributed by atoms with E-state index in [1.807, 2.05) is 19.1 Å². The summed E-state index contributed by atoms with van der Waals surface area (Å²) in [6.07, 6.45) is 3.74. The predicted molar refractivity (Wildman–Crippen MR) is 114 cm³/mol. The first kappa shape index (κ1) is 20.5. The summed E-state index contributed by atoms with van der Waals surface area (Å²) in [7, 11) is 0. The zero-order chi connectivity index (χ0) is 21.9. The number of carbonyl (C=O) groups excluding carboxylic acids is 1. The smallest absolute Gasteiger partial charge is 0.272 e. The van der Waals surface area contributed by atoms with Gasteiger partial charge in [-0.25, -0.2) is 0 Å². The molecule has 1 amide bonds. The van der Waals surface area contributed by atoms with E-state index in [1.165, 1.54) is 0 Å². The van der Waals surface area contributed by atoms with E-state index in [1.54, 1.807) is 12.1 Å². The number of nitrogens with one attached hydrogen (secondary N) is 1. The average Bonchev–Trinajstić information content (AvgIpc) is 3.58. The number of aryl methyl sites for hydroxylation is 1. The maximum Gasteiger partial charge on any atom is 0.272 e. The molecule has 32 heavy (non-hydrogen) atoms. The van der Waals surface area contributed by atoms with Crippen molar-refractivity contribution in [2.45, 2.75) is 51.2 Å². The van der Waals surface area contributed by atoms with E-state index in [0.717, 1.165) is 42.7 Å². The lowest BCUT2D eigenvalue weighted by Gasteiger charge is -2.22. The predicted octanol–water partition coefficient (Wildman–Crippen LogP) is 2.84. The van der Waals surface area contributed by atoms with E-state index in [9.17, 15) is 4.79 Å². The first-order chi connectivity index (χ1) is 15.7. The molecule has 3 aromatic rings. The van der Waals surface area contributed by atoms with Gasteiger partial charge >= 0.3 is 0 Å². The van der Waals surface area contributed by atoms with Crippen LogP contribution in [0.3, 0.4) is 0 Å². The van der Waals surface area contributed by atoms with Gasteiger partial charge in [-0.3, -0.25) is 4.79 Å². The molecule has 1 saturated carbocycles. The van der Waals surface area contributed by atoms with Crippen molar-refractivity contribution < 1.29 is 20.2 Å². The van der Waals surface area contributed by atoms with Gasteiger partial charge in [0.1, 0.15) is 23.8 Å². The maximum atomic E-state index is 12.4. The van der Waals surface area contributed by atoms with Crippen molar-refractivity contribution in [3.05, 3.63) is 47.0 Å². The number of hydrogen-bond donors (Lipinski definition) is 1. The van der Waals surface area contributed by atoms with E-state index in [2.05, 4.69) is 30.9 Å². The molecule has 0 aromatic carbocycles. The number of carbonyl (C=O) groups is 1. The molecule has 168 valence electrons. The molecule has 0 radical (unpaired) electrons. The van der Waals surface area contributed by atoms with Gasteiger partial charge in [-0.1, -0.05) is 5.16 Å². The van der Waals surface area contributed by atoms with E-state index in [4.69, 9.17) is 14.0 Å². The first-order valence-corrected chi connectivity index (χ1v) is 10.8. The monoisotopic (exact) mass is 438 g/mol. The Bertz CT molecular complexity index is 1080. The molecule has 2 aliphatic rings. The van der Waals surface area contributed by atoms with Gasteiger partial charge < -0.3 is 19.3 Å². The Morgan fingerprint density at radius 1 is 1.09 bits per heavy atom. The highest BCUT2D eigenvalue weighted by Gasteiger charge is 2.33. The zero-order valence-corrected chi connectivity index (χ0v) is 17.8. The zero-order valence-electron chi connectivity index (χ0n) is 17.8. The topological polar surface area (TPSA) is 125 Å². The SMILES string of the molecule is Cc1ccc(-c2noc(C3CC3)c2COc2ccc(C(=O)NC3CCOCC3)nn2)nn1.[HH]. The summed E-state index contributed by atoms with van der Waals surface area (Å²) in [5.74, 6) is 1.25. The van der Waals surface area contributed by atoms with E-state index < -0.39 is 0 Å². The van der Waals surface area contributed by atoms with Crippen LogP contribution >= 0.6 is 0 Å². The summed E-state index contributed by atoms with van der Waals surface area (Å²) >= 11 is 0. The number of rotatable bonds is 7. The molecule has 10 nitrogen and oxygen atoms in total. The van der Waals surface area contributed by atoms with Crippen LogP contribution in [0.15, 0.2) is 28.8 Å². The van der Waals surface area contributed by atoms with Crippen LogP contribution < -0.4 is 10.1 Å². The lowest BCUT2D eigenvalue weighted by Crippen LogP contribution is -2.39. The van der Waals surface area contributed by atoms with E-state index in [0.29, 0.717) is 36.4 Å². The molecule has 1 saturated heterocycles. The Morgan fingerprint density at radius 3 is 2.62 bits per heavy atom. The fourth-order valence-electron chi connectivity index (χ4n) is 3.62. The highest BCUT2D eigenvalue weighted by atomic mass is 16.5. The third kappa shape index (κ3) is 4.59. The molecule has 0 spiro atoms. The normalized spacial score (nSPS) is 16.7. The van der Waals surface area contributed by atoms with Crippen LogP contribution in [-0.4, -0.2) is 50.7 Å². The molecule has 1 aliphatic heterocycles. The van der Waals surface area contributed by atoms with Crippen molar-refractivity contribution >= 4 is 5.91 Å². The molecule has 1 aliphatic carbocycles. The summed E-state index contributed by atoms with van der Waals surface area (Å²) in [5.41, 5.74) is 3.18. The number of amides is 1. The van der Waals surface area contributed by atoms with Crippen LogP contribution in [0.4, 0.5) is 0 Å². The molecule has 0 unspecified atom stereocenters. The molecule has 0 atom stereocenters. The van der Waals surface area contributed by atoms with Gasteiger partial charge in [0.15, 0.2) is 5.69 Å². The van der Waals surface area contributed by atoms with Gasteiger partial charge in [0, 0.05) is 32.7 Å². The van der Waals surface area contributed by atoms with Gasteiger partial charge in [-0.15, -0.1) is 15.3 Å². The molecule has 0 bridgehead atoms. The van der Waals surface area contributed by atoms with Crippen LogP contribution in [0.1, 0.15) is 60.5 Å². The van der Waals surface area contributed by atoms with Crippen LogP contribution in [0.25, 0.3) is 11.4 Å². The summed E-state index contributed by atoms with van der Waals surface area (Å²) in [6, 6.07) is 7.10. The standard InChI is InChI=1S/C22H24N6O4.H2/c1-13-2-5-17(25-24-13)20-16(21(32-28-20)14-3-4-14)12-31-19-7-6-18(26-27-19)22(29)23-15-8-10-30-11-9-15;/h2,5-7,14-15H,3-4,8-12H2,1H3,(H,23,29);1H. The second-order valence-corrected chi connectivity index (χ2v) is 8.11. The first-order valence-electron chi connectivity index (χ1n) is 10.8. The fraction of sp³-hybridized carbons (Fsp3) is 0.455. The Kier molecular flexibility index (Phi) is 5.76. The third-order valence-electron chi connectivity index (χ3n) is 5.60. The van der Waals surface area contributed by atoms with Crippen LogP contribution in [0, 0.1) is 6.92 Å². The number of hydrogen-bond acceptors (Lipinski definition) is 9. The molecular weight excluding hydrogens is 412 g/mol. The van der Waals surface area contributed by atoms with Gasteiger partial charge in [0.25, 0.3) is 5.91 Å². The van der Waals surface area contributed by atoms with Gasteiger partial charge in [0.2, 0.25) is 5.88 Å². The molecule has 1 N–H and O–H groups in total. The number of aromatic nitrogens is 5. The number of ether oxygens (including phenoxy) is 2. The molecule has 5 rings (SSSR count). The van der Waals surface area contributed by atoms with Crippen molar-refractivity contribution in [3.8, 4) is 17.3 Å². The van der Waals surface area contributed by atoms with Crippen LogP contribution in [-0.2, 0) is 11.3 Å². The fourth-order valence-corrected chi connectivity index (χ4v) is 3.62. The Labute approximate surface area is 186 Å². The van der Waals surface area contributed by atoms with Gasteiger partial charge in [0.05, 0.1) is 11.3 Å². The summed E-state index contributed by atoms with van der Waals surface area (Å²) < 4.78 is 16.8. The average molecular weight is 438 g/mol. The summed E-state index contributed by atoms with van der Waals surface area (Å²) in [5, 5.41) is 23.6. The number of nitrogens with zero attached hydrogens (tertiary/aromatic N) is 5. The van der Waals surface area contributed by atoms with Crippen molar-refractivity contribution in [2.75, 3.05) is 13.2 Å². The minimum absolute atomic E-state index is 0. The highest BCUT2D eigenvalue weighted by molar-refractivity contribution is 5.92. The third-order valence-corrected chi connectivity index (χ3v) is 5.60. The van der Waals surface area contributed by atoms with E-state index >= 15 is 0 Å². The largest absolute Gasteiger partial charge is 0.472 e. The maximum absolute atomic E-state index is 12.4. The molecule has 2 fully saturated rings. The Morgan fingerprint density at radius 2 is 1.94 bits per heavy atom. The van der Waals surface area contributed by atoms with Crippen molar-refractivity contribution in [2.24, 2.45) is 0 Å². The molecule has 4 heterocycles. The quantitative estimate of drug-likeness (QED) is 0.592. The molecular formula is C22H26N6O4. The van der Waals surface area contributed by atoms with Crippen molar-refractivity contribution in [3.63, 3.8) is 0 Å². The lowest BCUT2D eigenvalue weighted by molar-refractivity contribution is 0.0693. The lowest BCUT2D eigenvalue weighted by atomic mass is 10.1. The Balaban J connectivity index is 0.00000259. The highest BCUT2D eigenvalue weighted by Crippen LogP contribution is 2.44. The van der Waals surface area contributed by atoms with Gasteiger partial charge in [-0.05, 0) is 50.8 Å². The Hall–Kier alpha value is -3.40. The van der Waals surface area contributed by atoms with Crippen LogP contribution in [0.5, 0.6) is 5.88 Å².